The lowest BCUT2D eigenvalue weighted by Gasteiger charge is -2.39. The Bertz CT molecular complexity index is 2010. The second kappa shape index (κ2) is 17.2. The molecule has 0 N–H and O–H groups in total. The van der Waals surface area contributed by atoms with Crippen LogP contribution in [0.2, 0.25) is 0 Å². The van der Waals surface area contributed by atoms with Crippen LogP contribution >= 0.6 is 0 Å². The first-order chi connectivity index (χ1) is 26.6. The van der Waals surface area contributed by atoms with Gasteiger partial charge in [-0.2, -0.15) is 10.5 Å². The Hall–Kier alpha value is -6.06. The first kappa shape index (κ1) is 36.3. The number of pyridine rings is 2. The average Bonchev–Trinajstić information content (AvgIpc) is 3.85. The van der Waals surface area contributed by atoms with Gasteiger partial charge >= 0.3 is 0 Å². The average molecular weight is 725 g/mol. The highest BCUT2D eigenvalue weighted by Gasteiger charge is 2.38. The first-order valence-corrected chi connectivity index (χ1v) is 18.1. The van der Waals surface area contributed by atoms with Crippen LogP contribution in [0.4, 0.5) is 20.4 Å². The Morgan fingerprint density at radius 1 is 0.593 bits per heavy atom. The SMILES string of the molecule is N#Cc1nccnc1N1CCN2[C@@H](CC[C@@H]2C#Cc2cccc(CF)n2)C1.N#Cc1nccnc1N1CCN2[C@H](CC[C@H]2C#Cc2cccc(CF)n2)C1. The number of alkyl halides is 2. The number of hydrogen-bond acceptors (Lipinski definition) is 12. The summed E-state index contributed by atoms with van der Waals surface area (Å²) in [6.07, 6.45) is 10.5. The molecule has 0 unspecified atom stereocenters. The number of hydrogen-bond donors (Lipinski definition) is 0. The molecule has 0 spiro atoms. The van der Waals surface area contributed by atoms with Crippen molar-refractivity contribution in [2.24, 2.45) is 0 Å². The van der Waals surface area contributed by atoms with Crippen molar-refractivity contribution in [2.75, 3.05) is 49.1 Å². The molecule has 272 valence electrons. The Kier molecular flexibility index (Phi) is 11.5. The summed E-state index contributed by atoms with van der Waals surface area (Å²) in [5.41, 5.74) is 2.81. The van der Waals surface area contributed by atoms with Crippen molar-refractivity contribution in [2.45, 2.75) is 63.2 Å². The summed E-state index contributed by atoms with van der Waals surface area (Å²) in [7, 11) is 0. The van der Waals surface area contributed by atoms with Crippen LogP contribution in [0.25, 0.3) is 0 Å². The number of rotatable bonds is 4. The van der Waals surface area contributed by atoms with Gasteiger partial charge in [0, 0.05) is 76.1 Å². The zero-order valence-corrected chi connectivity index (χ0v) is 29.7. The van der Waals surface area contributed by atoms with Gasteiger partial charge in [0.05, 0.1) is 23.5 Å². The third-order valence-corrected chi connectivity index (χ3v) is 10.2. The van der Waals surface area contributed by atoms with Gasteiger partial charge in [-0.15, -0.1) is 0 Å². The number of nitriles is 2. The summed E-state index contributed by atoms with van der Waals surface area (Å²) in [6.45, 7) is 3.80. The number of halogens is 2. The zero-order chi connectivity index (χ0) is 37.3. The Labute approximate surface area is 313 Å². The van der Waals surface area contributed by atoms with Crippen molar-refractivity contribution < 1.29 is 8.78 Å². The molecule has 4 aromatic rings. The van der Waals surface area contributed by atoms with Gasteiger partial charge in [0.2, 0.25) is 0 Å². The molecule has 4 aliphatic rings. The highest BCUT2D eigenvalue weighted by atomic mass is 19.1. The van der Waals surface area contributed by atoms with E-state index in [-0.39, 0.29) is 12.1 Å². The van der Waals surface area contributed by atoms with E-state index in [4.69, 9.17) is 0 Å². The van der Waals surface area contributed by atoms with Gasteiger partial charge in [0.1, 0.15) is 36.9 Å². The fraction of sp³-hybridized carbons (Fsp3) is 0.400. The van der Waals surface area contributed by atoms with E-state index in [0.717, 1.165) is 65.0 Å². The molecule has 0 radical (unpaired) electrons. The van der Waals surface area contributed by atoms with Gasteiger partial charge in [-0.25, -0.2) is 38.7 Å². The topological polar surface area (TPSA) is 138 Å². The van der Waals surface area contributed by atoms with Crippen LogP contribution in [-0.4, -0.2) is 103 Å². The van der Waals surface area contributed by atoms with Crippen LogP contribution in [0, 0.1) is 46.3 Å². The lowest BCUT2D eigenvalue weighted by molar-refractivity contribution is 0.202. The molecule has 4 atom stereocenters. The molecule has 54 heavy (non-hydrogen) atoms. The molecule has 8 heterocycles. The normalized spacial score (nSPS) is 21.9. The van der Waals surface area contributed by atoms with E-state index < -0.39 is 13.3 Å². The van der Waals surface area contributed by atoms with Gasteiger partial charge in [0.25, 0.3) is 0 Å². The molecule has 0 aromatic carbocycles. The van der Waals surface area contributed by atoms with Crippen molar-refractivity contribution in [1.29, 1.82) is 10.5 Å². The van der Waals surface area contributed by atoms with Gasteiger partial charge in [-0.1, -0.05) is 24.0 Å². The quantitative estimate of drug-likeness (QED) is 0.283. The smallest absolute Gasteiger partial charge is 0.183 e. The minimum absolute atomic E-state index is 0.185. The maximum Gasteiger partial charge on any atom is 0.183 e. The van der Waals surface area contributed by atoms with Gasteiger partial charge in [-0.3, -0.25) is 9.80 Å². The molecule has 4 fully saturated rings. The molecule has 8 rings (SSSR count). The number of fused-ring (bicyclic) bond motifs is 2. The molecule has 0 aliphatic carbocycles. The second-order valence-electron chi connectivity index (χ2n) is 13.4. The van der Waals surface area contributed by atoms with Crippen LogP contribution in [-0.2, 0) is 13.3 Å². The van der Waals surface area contributed by atoms with Crippen LogP contribution in [0.3, 0.4) is 0 Å². The van der Waals surface area contributed by atoms with Gasteiger partial charge in [0.15, 0.2) is 23.0 Å². The number of aromatic nitrogens is 6. The van der Waals surface area contributed by atoms with E-state index in [9.17, 15) is 19.3 Å². The maximum absolute atomic E-state index is 12.7. The Morgan fingerprint density at radius 3 is 1.46 bits per heavy atom. The summed E-state index contributed by atoms with van der Waals surface area (Å²) in [5, 5.41) is 18.5. The van der Waals surface area contributed by atoms with Crippen LogP contribution in [0.5, 0.6) is 0 Å². The monoisotopic (exact) mass is 724 g/mol. The van der Waals surface area contributed by atoms with Gasteiger partial charge < -0.3 is 9.80 Å². The predicted octanol–water partition coefficient (Wildman–Crippen LogP) is 3.83. The Balaban J connectivity index is 0.000000167. The number of piperazine rings is 2. The minimum Gasteiger partial charge on any atom is -0.351 e. The maximum atomic E-state index is 12.7. The third kappa shape index (κ3) is 8.27. The molecule has 14 heteroatoms. The van der Waals surface area contributed by atoms with Crippen molar-refractivity contribution in [1.82, 2.24) is 39.7 Å². The standard InChI is InChI=1S/2C20H19FN6/c2*21-12-16-3-1-2-15(25-16)4-5-17-6-7-18-14-26(10-11-27(17)18)20-19(13-22)23-8-9-24-20/h2*1-3,8-9,17-18H,6-7,10-12,14H2/t2*17-,18-/m10/s1. The van der Waals surface area contributed by atoms with E-state index >= 15 is 0 Å². The van der Waals surface area contributed by atoms with Crippen molar-refractivity contribution >= 4 is 11.6 Å². The molecular formula is C40H38F2N12. The van der Waals surface area contributed by atoms with E-state index in [2.05, 4.69) is 85.3 Å². The summed E-state index contributed by atoms with van der Waals surface area (Å²) >= 11 is 0. The molecular weight excluding hydrogens is 687 g/mol. The largest absolute Gasteiger partial charge is 0.351 e. The lowest BCUT2D eigenvalue weighted by Crippen LogP contribution is -2.52. The fourth-order valence-corrected chi connectivity index (χ4v) is 7.64. The molecule has 0 saturated carbocycles. The van der Waals surface area contributed by atoms with Gasteiger partial charge in [-0.05, 0) is 61.8 Å². The zero-order valence-electron chi connectivity index (χ0n) is 29.7. The van der Waals surface area contributed by atoms with Crippen LogP contribution in [0.1, 0.15) is 59.8 Å². The third-order valence-electron chi connectivity index (χ3n) is 10.2. The van der Waals surface area contributed by atoms with Crippen LogP contribution in [0.15, 0.2) is 61.2 Å². The van der Waals surface area contributed by atoms with Crippen molar-refractivity contribution in [3.05, 3.63) is 95.3 Å². The van der Waals surface area contributed by atoms with E-state index in [1.54, 1.807) is 49.1 Å². The second-order valence-corrected chi connectivity index (χ2v) is 13.4. The molecule has 4 aromatic heterocycles. The van der Waals surface area contributed by atoms with E-state index in [1.807, 2.05) is 12.1 Å². The Morgan fingerprint density at radius 2 is 1.04 bits per heavy atom. The fourth-order valence-electron chi connectivity index (χ4n) is 7.64. The van der Waals surface area contributed by atoms with E-state index in [0.29, 0.717) is 57.9 Å². The highest BCUT2D eigenvalue weighted by Crippen LogP contribution is 2.31. The summed E-state index contributed by atoms with van der Waals surface area (Å²) in [6, 6.07) is 15.9. The molecule has 4 saturated heterocycles. The molecule has 4 aliphatic heterocycles. The summed E-state index contributed by atoms with van der Waals surface area (Å²) in [4.78, 5) is 34.5. The lowest BCUT2D eigenvalue weighted by atomic mass is 10.1. The van der Waals surface area contributed by atoms with Crippen molar-refractivity contribution in [3.63, 3.8) is 0 Å². The molecule has 12 nitrogen and oxygen atoms in total. The predicted molar refractivity (Wildman–Crippen MR) is 197 cm³/mol. The molecule has 0 bridgehead atoms. The molecule has 0 amide bonds. The number of nitrogens with zero attached hydrogens (tertiary/aromatic N) is 12. The van der Waals surface area contributed by atoms with E-state index in [1.165, 1.54) is 0 Å². The first-order valence-electron chi connectivity index (χ1n) is 18.1. The summed E-state index contributed by atoms with van der Waals surface area (Å²) in [5.74, 6) is 14.2. The minimum atomic E-state index is -0.573. The van der Waals surface area contributed by atoms with Crippen molar-refractivity contribution in [3.8, 4) is 35.8 Å². The van der Waals surface area contributed by atoms with Crippen LogP contribution < -0.4 is 9.80 Å². The highest BCUT2D eigenvalue weighted by molar-refractivity contribution is 5.51. The number of anilines is 2. The summed E-state index contributed by atoms with van der Waals surface area (Å²) < 4.78 is 25.5.